The summed E-state index contributed by atoms with van der Waals surface area (Å²) in [5.74, 6) is -0.209. The first-order valence-corrected chi connectivity index (χ1v) is 5.29. The number of likely N-dealkylation sites (tertiary alicyclic amines) is 1. The first kappa shape index (κ1) is 11.1. The van der Waals surface area contributed by atoms with Crippen LogP contribution in [0.3, 0.4) is 0 Å². The van der Waals surface area contributed by atoms with Gasteiger partial charge in [-0.1, -0.05) is 0 Å². The summed E-state index contributed by atoms with van der Waals surface area (Å²) in [5.41, 5.74) is 0.537. The Hall–Kier alpha value is -1.36. The van der Waals surface area contributed by atoms with Crippen molar-refractivity contribution in [2.45, 2.75) is 18.6 Å². The summed E-state index contributed by atoms with van der Waals surface area (Å²) in [5, 5.41) is 9.09. The van der Waals surface area contributed by atoms with Crippen LogP contribution >= 0.6 is 0 Å². The average molecular weight is 226 g/mol. The minimum atomic E-state index is -1.02. The minimum Gasteiger partial charge on any atom is -0.394 e. The van der Waals surface area contributed by atoms with E-state index in [0.717, 1.165) is 0 Å². The van der Waals surface area contributed by atoms with Crippen LogP contribution in [0, 0.1) is 0 Å². The summed E-state index contributed by atoms with van der Waals surface area (Å²) < 4.78 is 14.9. The van der Waals surface area contributed by atoms with Crippen LogP contribution in [-0.4, -0.2) is 45.8 Å². The second kappa shape index (κ2) is 4.25. The van der Waals surface area contributed by atoms with Crippen LogP contribution in [0.5, 0.6) is 0 Å². The lowest BCUT2D eigenvalue weighted by Crippen LogP contribution is -2.37. The van der Waals surface area contributed by atoms with Crippen molar-refractivity contribution in [3.63, 3.8) is 0 Å². The predicted molar refractivity (Wildman–Crippen MR) is 56.8 cm³/mol. The van der Waals surface area contributed by atoms with E-state index in [-0.39, 0.29) is 31.5 Å². The zero-order valence-electron chi connectivity index (χ0n) is 9.14. The molecule has 1 aliphatic heterocycles. The van der Waals surface area contributed by atoms with Gasteiger partial charge in [-0.25, -0.2) is 4.39 Å². The fourth-order valence-electron chi connectivity index (χ4n) is 2.08. The minimum absolute atomic E-state index is 0.0823. The van der Waals surface area contributed by atoms with Gasteiger partial charge in [-0.15, -0.1) is 0 Å². The molecule has 1 N–H and O–H groups in total. The number of hydrogen-bond acceptors (Lipinski definition) is 2. The van der Waals surface area contributed by atoms with E-state index in [1.54, 1.807) is 23.0 Å². The largest absolute Gasteiger partial charge is 0.394 e. The highest BCUT2D eigenvalue weighted by Gasteiger charge is 2.35. The maximum absolute atomic E-state index is 13.2. The smallest absolute Gasteiger partial charge is 0.255 e. The molecule has 16 heavy (non-hydrogen) atoms. The number of alkyl halides is 1. The molecule has 5 heteroatoms. The summed E-state index contributed by atoms with van der Waals surface area (Å²) in [4.78, 5) is 13.4. The molecule has 2 rings (SSSR count). The van der Waals surface area contributed by atoms with Crippen molar-refractivity contribution >= 4 is 5.91 Å². The Morgan fingerprint density at radius 3 is 3.00 bits per heavy atom. The van der Waals surface area contributed by atoms with Gasteiger partial charge in [0.25, 0.3) is 5.91 Å². The maximum Gasteiger partial charge on any atom is 0.255 e. The van der Waals surface area contributed by atoms with Crippen molar-refractivity contribution < 1.29 is 14.3 Å². The first-order chi connectivity index (χ1) is 7.61. The third kappa shape index (κ3) is 1.95. The zero-order chi connectivity index (χ0) is 11.7. The normalized spacial score (nSPS) is 25.1. The molecule has 0 spiro atoms. The average Bonchev–Trinajstić information content (AvgIpc) is 2.83. The van der Waals surface area contributed by atoms with Crippen molar-refractivity contribution in [2.75, 3.05) is 13.2 Å². The van der Waals surface area contributed by atoms with Gasteiger partial charge < -0.3 is 14.6 Å². The lowest BCUT2D eigenvalue weighted by atomic mass is 10.2. The number of halogens is 1. The van der Waals surface area contributed by atoms with E-state index in [9.17, 15) is 9.18 Å². The second-order valence-corrected chi connectivity index (χ2v) is 4.19. The molecule has 0 saturated carbocycles. The van der Waals surface area contributed by atoms with Crippen molar-refractivity contribution in [1.82, 2.24) is 9.47 Å². The molecule has 0 aromatic carbocycles. The van der Waals surface area contributed by atoms with Gasteiger partial charge in [0.2, 0.25) is 0 Å². The summed E-state index contributed by atoms with van der Waals surface area (Å²) in [6, 6.07) is 1.31. The molecule has 1 saturated heterocycles. The van der Waals surface area contributed by atoms with E-state index < -0.39 is 6.17 Å². The summed E-state index contributed by atoms with van der Waals surface area (Å²) >= 11 is 0. The lowest BCUT2D eigenvalue weighted by Gasteiger charge is -2.21. The highest BCUT2D eigenvalue weighted by Crippen LogP contribution is 2.22. The molecule has 4 nitrogen and oxygen atoms in total. The Kier molecular flexibility index (Phi) is 2.96. The lowest BCUT2D eigenvalue weighted by molar-refractivity contribution is 0.0673. The zero-order valence-corrected chi connectivity index (χ0v) is 9.14. The molecule has 0 radical (unpaired) electrons. The van der Waals surface area contributed by atoms with E-state index in [1.165, 1.54) is 4.90 Å². The van der Waals surface area contributed by atoms with Crippen molar-refractivity contribution in [3.8, 4) is 0 Å². The Labute approximate surface area is 93.3 Å². The standard InChI is InChI=1S/C11H15FN2O2/c1-13-3-2-8(5-13)11(16)14-6-9(12)4-10(14)7-15/h2-3,5,9-10,15H,4,6-7H2,1H3/t9-,10-/m0/s1. The SMILES string of the molecule is Cn1ccc(C(=O)N2C[C@@H](F)C[C@H]2CO)c1. The Balaban J connectivity index is 2.15. The van der Waals surface area contributed by atoms with Gasteiger partial charge in [-0.05, 0) is 6.07 Å². The van der Waals surface area contributed by atoms with Crippen LogP contribution in [-0.2, 0) is 7.05 Å². The fourth-order valence-corrected chi connectivity index (χ4v) is 2.08. The Morgan fingerprint density at radius 2 is 2.44 bits per heavy atom. The second-order valence-electron chi connectivity index (χ2n) is 4.19. The number of nitrogens with zero attached hydrogens (tertiary/aromatic N) is 2. The van der Waals surface area contributed by atoms with E-state index in [2.05, 4.69) is 0 Å². The van der Waals surface area contributed by atoms with Crippen molar-refractivity contribution in [3.05, 3.63) is 24.0 Å². The highest BCUT2D eigenvalue weighted by molar-refractivity contribution is 5.94. The number of rotatable bonds is 2. The Bertz CT molecular complexity index is 391. The molecule has 2 heterocycles. The number of hydrogen-bond donors (Lipinski definition) is 1. The van der Waals surface area contributed by atoms with Crippen LogP contribution < -0.4 is 0 Å². The quantitative estimate of drug-likeness (QED) is 0.801. The van der Waals surface area contributed by atoms with Gasteiger partial charge >= 0.3 is 0 Å². The molecule has 1 amide bonds. The molecular formula is C11H15FN2O2. The third-order valence-electron chi connectivity index (χ3n) is 2.91. The van der Waals surface area contributed by atoms with Gasteiger partial charge in [-0.3, -0.25) is 4.79 Å². The molecular weight excluding hydrogens is 211 g/mol. The summed E-state index contributed by atoms with van der Waals surface area (Å²) in [6.45, 7) is -0.0993. The van der Waals surface area contributed by atoms with Crippen LogP contribution in [0.15, 0.2) is 18.5 Å². The molecule has 1 aliphatic rings. The monoisotopic (exact) mass is 226 g/mol. The number of aromatic nitrogens is 1. The number of amides is 1. The Morgan fingerprint density at radius 1 is 1.69 bits per heavy atom. The predicted octanol–water partition coefficient (Wildman–Crippen LogP) is 0.570. The van der Waals surface area contributed by atoms with E-state index in [0.29, 0.717) is 5.56 Å². The van der Waals surface area contributed by atoms with Crippen LogP contribution in [0.1, 0.15) is 16.8 Å². The van der Waals surface area contributed by atoms with Gasteiger partial charge in [0.1, 0.15) is 6.17 Å². The van der Waals surface area contributed by atoms with Crippen molar-refractivity contribution in [1.29, 1.82) is 0 Å². The van der Waals surface area contributed by atoms with Gasteiger partial charge in [-0.2, -0.15) is 0 Å². The number of aryl methyl sites for hydroxylation is 1. The molecule has 1 aromatic rings. The van der Waals surface area contributed by atoms with Crippen molar-refractivity contribution in [2.24, 2.45) is 7.05 Å². The van der Waals surface area contributed by atoms with E-state index >= 15 is 0 Å². The maximum atomic E-state index is 13.2. The van der Waals surface area contributed by atoms with Crippen LogP contribution in [0.2, 0.25) is 0 Å². The number of carbonyl (C=O) groups is 1. The third-order valence-corrected chi connectivity index (χ3v) is 2.91. The molecule has 0 bridgehead atoms. The summed E-state index contributed by atoms with van der Waals surface area (Å²) in [6.07, 6.45) is 2.67. The summed E-state index contributed by atoms with van der Waals surface area (Å²) in [7, 11) is 1.82. The molecule has 0 unspecified atom stereocenters. The fraction of sp³-hybridized carbons (Fsp3) is 0.545. The van der Waals surface area contributed by atoms with Gasteiger partial charge in [0.05, 0.1) is 24.8 Å². The van der Waals surface area contributed by atoms with E-state index in [4.69, 9.17) is 5.11 Å². The molecule has 2 atom stereocenters. The number of aliphatic hydroxyl groups is 1. The molecule has 1 aromatic heterocycles. The first-order valence-electron chi connectivity index (χ1n) is 5.29. The van der Waals surface area contributed by atoms with Gasteiger partial charge in [0, 0.05) is 25.9 Å². The highest BCUT2D eigenvalue weighted by atomic mass is 19.1. The topological polar surface area (TPSA) is 45.5 Å². The van der Waals surface area contributed by atoms with Crippen LogP contribution in [0.25, 0.3) is 0 Å². The van der Waals surface area contributed by atoms with Gasteiger partial charge in [0.15, 0.2) is 0 Å². The number of carbonyl (C=O) groups excluding carboxylic acids is 1. The number of aliphatic hydroxyl groups excluding tert-OH is 1. The molecule has 88 valence electrons. The molecule has 1 fully saturated rings. The van der Waals surface area contributed by atoms with Crippen LogP contribution in [0.4, 0.5) is 4.39 Å². The van der Waals surface area contributed by atoms with E-state index in [1.807, 2.05) is 7.05 Å². The molecule has 0 aliphatic carbocycles.